The molecule has 10 heteroatoms. The number of hydrogen-bond donors (Lipinski definition) is 0. The van der Waals surface area contributed by atoms with Crippen molar-refractivity contribution in [3.8, 4) is 5.88 Å². The fourth-order valence-corrected chi connectivity index (χ4v) is 12.9. The molecular formula is C35H50ClFN4O3Si. The van der Waals surface area contributed by atoms with Crippen molar-refractivity contribution >= 4 is 19.9 Å². The maximum atomic E-state index is 14.2. The SMILES string of the molecule is CC(C)[Si](OCc1cnc(CN2CCC(c3cccc(OCc4ccc(Cl)cc4F)n3)CC2)n1CC1CCO1)(C(C)C)C(C)C. The lowest BCUT2D eigenvalue weighted by molar-refractivity contribution is -0.0604. The van der Waals surface area contributed by atoms with Crippen LogP contribution in [-0.2, 0) is 35.5 Å². The highest BCUT2D eigenvalue weighted by molar-refractivity contribution is 6.77. The Labute approximate surface area is 274 Å². The summed E-state index contributed by atoms with van der Waals surface area (Å²) in [6.07, 6.45) is 5.40. The van der Waals surface area contributed by atoms with Gasteiger partial charge in [0.2, 0.25) is 14.2 Å². The van der Waals surface area contributed by atoms with Gasteiger partial charge in [-0.05, 0) is 67.2 Å². The number of benzene rings is 1. The predicted octanol–water partition coefficient (Wildman–Crippen LogP) is 8.51. The minimum atomic E-state index is -1.99. The Hall–Kier alpha value is -2.30. The monoisotopic (exact) mass is 656 g/mol. The topological polar surface area (TPSA) is 61.6 Å². The van der Waals surface area contributed by atoms with E-state index in [9.17, 15) is 4.39 Å². The Morgan fingerprint density at radius 2 is 1.71 bits per heavy atom. The first-order valence-corrected chi connectivity index (χ1v) is 19.1. The molecule has 45 heavy (non-hydrogen) atoms. The third kappa shape index (κ3) is 7.99. The summed E-state index contributed by atoms with van der Waals surface area (Å²) in [6.45, 7) is 19.2. The zero-order chi connectivity index (χ0) is 32.1. The van der Waals surface area contributed by atoms with E-state index in [2.05, 4.69) is 57.1 Å². The van der Waals surface area contributed by atoms with E-state index in [0.29, 0.717) is 45.6 Å². The van der Waals surface area contributed by atoms with Gasteiger partial charge in [0.25, 0.3) is 0 Å². The van der Waals surface area contributed by atoms with Crippen molar-refractivity contribution in [2.45, 2.75) is 116 Å². The molecule has 0 N–H and O–H groups in total. The number of halogens is 2. The molecule has 2 fully saturated rings. The van der Waals surface area contributed by atoms with Crippen LogP contribution >= 0.6 is 11.6 Å². The average Bonchev–Trinajstić information content (AvgIpc) is 3.35. The van der Waals surface area contributed by atoms with Crippen molar-refractivity contribution in [3.05, 3.63) is 76.2 Å². The minimum absolute atomic E-state index is 0.110. The van der Waals surface area contributed by atoms with Gasteiger partial charge in [0.05, 0.1) is 37.7 Å². The predicted molar refractivity (Wildman–Crippen MR) is 180 cm³/mol. The lowest BCUT2D eigenvalue weighted by Gasteiger charge is -2.42. The van der Waals surface area contributed by atoms with Gasteiger partial charge in [0.15, 0.2) is 0 Å². The molecule has 0 spiro atoms. The van der Waals surface area contributed by atoms with Gasteiger partial charge in [0.1, 0.15) is 18.2 Å². The van der Waals surface area contributed by atoms with Crippen LogP contribution in [0, 0.1) is 5.82 Å². The molecule has 2 saturated heterocycles. The van der Waals surface area contributed by atoms with Crippen molar-refractivity contribution in [1.82, 2.24) is 19.4 Å². The van der Waals surface area contributed by atoms with Crippen LogP contribution < -0.4 is 4.74 Å². The third-order valence-corrected chi connectivity index (χ3v) is 16.2. The number of hydrogen-bond acceptors (Lipinski definition) is 6. The standard InChI is InChI=1S/C35H50ClFN4O3Si/c1-24(2)45(25(3)4,26(5)6)44-23-30-19-38-34(41(30)20-31-14-17-42-31)21-40-15-12-27(13-16-40)33-8-7-9-35(39-33)43-22-28-10-11-29(36)18-32(28)37/h7-11,18-19,24-27,31H,12-17,20-23H2,1-6H3. The molecule has 0 radical (unpaired) electrons. The van der Waals surface area contributed by atoms with E-state index in [1.165, 1.54) is 6.07 Å². The van der Waals surface area contributed by atoms with Crippen LogP contribution in [0.15, 0.2) is 42.6 Å². The van der Waals surface area contributed by atoms with Crippen molar-refractivity contribution in [2.75, 3.05) is 19.7 Å². The van der Waals surface area contributed by atoms with Gasteiger partial charge in [-0.3, -0.25) is 4.90 Å². The molecule has 2 aliphatic heterocycles. The molecule has 2 aromatic heterocycles. The van der Waals surface area contributed by atoms with Crippen molar-refractivity contribution in [3.63, 3.8) is 0 Å². The van der Waals surface area contributed by atoms with Crippen LogP contribution in [-0.4, -0.2) is 53.6 Å². The molecule has 3 aromatic rings. The summed E-state index contributed by atoms with van der Waals surface area (Å²) in [7, 11) is -1.99. The zero-order valence-corrected chi connectivity index (χ0v) is 29.5. The average molecular weight is 657 g/mol. The number of rotatable bonds is 14. The Morgan fingerprint density at radius 3 is 2.33 bits per heavy atom. The number of nitrogens with zero attached hydrogens (tertiary/aromatic N) is 4. The Bertz CT molecular complexity index is 1380. The molecule has 1 atom stereocenters. The highest BCUT2D eigenvalue weighted by atomic mass is 35.5. The van der Waals surface area contributed by atoms with E-state index in [-0.39, 0.29) is 18.5 Å². The smallest absolute Gasteiger partial charge is 0.213 e. The fourth-order valence-electron chi connectivity index (χ4n) is 7.37. The van der Waals surface area contributed by atoms with E-state index in [1.54, 1.807) is 12.1 Å². The second-order valence-electron chi connectivity index (χ2n) is 13.6. The number of likely N-dealkylation sites (tertiary alicyclic amines) is 1. The maximum Gasteiger partial charge on any atom is 0.213 e. The van der Waals surface area contributed by atoms with Gasteiger partial charge in [-0.15, -0.1) is 0 Å². The first kappa shape index (κ1) is 34.0. The van der Waals surface area contributed by atoms with E-state index in [0.717, 1.165) is 69.3 Å². The number of pyridine rings is 1. The van der Waals surface area contributed by atoms with Crippen LogP contribution in [0.5, 0.6) is 5.88 Å². The molecule has 5 rings (SSSR count). The summed E-state index contributed by atoms with van der Waals surface area (Å²) in [4.78, 5) is 12.2. The lowest BCUT2D eigenvalue weighted by Crippen LogP contribution is -2.47. The summed E-state index contributed by atoms with van der Waals surface area (Å²) in [6, 6.07) is 10.5. The van der Waals surface area contributed by atoms with Crippen LogP contribution in [0.2, 0.25) is 21.6 Å². The third-order valence-electron chi connectivity index (χ3n) is 9.88. The van der Waals surface area contributed by atoms with Gasteiger partial charge in [0, 0.05) is 34.9 Å². The lowest BCUT2D eigenvalue weighted by atomic mass is 9.93. The second-order valence-corrected chi connectivity index (χ2v) is 19.5. The number of aromatic nitrogens is 3. The van der Waals surface area contributed by atoms with Crippen LogP contribution in [0.3, 0.4) is 0 Å². The quantitative estimate of drug-likeness (QED) is 0.162. The molecule has 1 unspecified atom stereocenters. The molecule has 0 saturated carbocycles. The molecule has 7 nitrogen and oxygen atoms in total. The number of ether oxygens (including phenoxy) is 2. The zero-order valence-electron chi connectivity index (χ0n) is 27.8. The largest absolute Gasteiger partial charge is 0.473 e. The molecule has 0 amide bonds. The summed E-state index contributed by atoms with van der Waals surface area (Å²) in [5.74, 6) is 1.59. The summed E-state index contributed by atoms with van der Waals surface area (Å²) < 4.78 is 35.3. The van der Waals surface area contributed by atoms with Gasteiger partial charge in [-0.1, -0.05) is 65.3 Å². The van der Waals surface area contributed by atoms with Crippen LogP contribution in [0.1, 0.15) is 89.5 Å². The molecule has 246 valence electrons. The van der Waals surface area contributed by atoms with Crippen molar-refractivity contribution in [2.24, 2.45) is 0 Å². The minimum Gasteiger partial charge on any atom is -0.473 e. The normalized spacial score (nSPS) is 18.2. The molecule has 2 aliphatic rings. The van der Waals surface area contributed by atoms with Gasteiger partial charge >= 0.3 is 0 Å². The molecule has 4 heterocycles. The Kier molecular flexibility index (Phi) is 11.4. The second kappa shape index (κ2) is 15.1. The summed E-state index contributed by atoms with van der Waals surface area (Å²) in [5, 5.41) is 0.371. The molecular weight excluding hydrogens is 607 g/mol. The van der Waals surface area contributed by atoms with Gasteiger partial charge in [-0.25, -0.2) is 14.4 Å². The van der Waals surface area contributed by atoms with E-state index in [1.807, 2.05) is 18.3 Å². The van der Waals surface area contributed by atoms with E-state index < -0.39 is 8.32 Å². The highest BCUT2D eigenvalue weighted by Crippen LogP contribution is 2.43. The maximum absolute atomic E-state index is 14.2. The summed E-state index contributed by atoms with van der Waals surface area (Å²) >= 11 is 5.88. The van der Waals surface area contributed by atoms with E-state index >= 15 is 0 Å². The Balaban J connectivity index is 1.21. The number of piperidine rings is 1. The van der Waals surface area contributed by atoms with E-state index in [4.69, 9.17) is 35.5 Å². The van der Waals surface area contributed by atoms with Crippen molar-refractivity contribution < 1.29 is 18.3 Å². The molecule has 1 aromatic carbocycles. The first-order valence-electron chi connectivity index (χ1n) is 16.6. The molecule has 0 aliphatic carbocycles. The van der Waals surface area contributed by atoms with Gasteiger partial charge < -0.3 is 18.5 Å². The van der Waals surface area contributed by atoms with Gasteiger partial charge in [-0.2, -0.15) is 0 Å². The summed E-state index contributed by atoms with van der Waals surface area (Å²) in [5.41, 5.74) is 4.26. The fraction of sp³-hybridized carbons (Fsp3) is 0.600. The Morgan fingerprint density at radius 1 is 1.00 bits per heavy atom. The first-order chi connectivity index (χ1) is 21.6. The number of imidazole rings is 1. The highest BCUT2D eigenvalue weighted by Gasteiger charge is 2.45. The van der Waals surface area contributed by atoms with Crippen molar-refractivity contribution in [1.29, 1.82) is 0 Å². The van der Waals surface area contributed by atoms with Crippen LogP contribution in [0.4, 0.5) is 4.39 Å². The van der Waals surface area contributed by atoms with Crippen LogP contribution in [0.25, 0.3) is 0 Å². The molecule has 0 bridgehead atoms.